The molecule has 0 fully saturated rings. The average molecular weight is 232 g/mol. The molecule has 0 aliphatic carbocycles. The van der Waals surface area contributed by atoms with Gasteiger partial charge in [-0.2, -0.15) is 0 Å². The van der Waals surface area contributed by atoms with Gasteiger partial charge in [-0.3, -0.25) is 4.79 Å². The molecule has 0 N–H and O–H groups in total. The van der Waals surface area contributed by atoms with E-state index in [2.05, 4.69) is 4.98 Å². The first-order valence-electron chi connectivity index (χ1n) is 5.28. The third-order valence-corrected chi connectivity index (χ3v) is 2.45. The molecule has 0 radical (unpaired) electrons. The zero-order chi connectivity index (χ0) is 12.4. The Morgan fingerprint density at radius 3 is 2.82 bits per heavy atom. The molecule has 0 bridgehead atoms. The first kappa shape index (κ1) is 11.3. The SMILES string of the molecule is CCOC(=O)c1nc2ccccc2n(C)c1=O. The molecule has 1 aromatic carbocycles. The fourth-order valence-electron chi connectivity index (χ4n) is 1.61. The number of esters is 1. The van der Waals surface area contributed by atoms with Crippen LogP contribution in [0.5, 0.6) is 0 Å². The van der Waals surface area contributed by atoms with Crippen LogP contribution < -0.4 is 5.56 Å². The Bertz CT molecular complexity index is 631. The Balaban J connectivity index is 2.70. The molecule has 5 heteroatoms. The molecule has 17 heavy (non-hydrogen) atoms. The fraction of sp³-hybridized carbons (Fsp3) is 0.250. The quantitative estimate of drug-likeness (QED) is 0.728. The number of carbonyl (C=O) groups is 1. The van der Waals surface area contributed by atoms with E-state index in [0.29, 0.717) is 11.0 Å². The van der Waals surface area contributed by atoms with Crippen LogP contribution in [0.15, 0.2) is 29.1 Å². The number of fused-ring (bicyclic) bond motifs is 1. The van der Waals surface area contributed by atoms with Crippen molar-refractivity contribution in [2.24, 2.45) is 7.05 Å². The molecule has 1 aromatic heterocycles. The van der Waals surface area contributed by atoms with E-state index in [4.69, 9.17) is 4.74 Å². The summed E-state index contributed by atoms with van der Waals surface area (Å²) in [6, 6.07) is 7.14. The van der Waals surface area contributed by atoms with Crippen LogP contribution in [-0.2, 0) is 11.8 Å². The monoisotopic (exact) mass is 232 g/mol. The summed E-state index contributed by atoms with van der Waals surface area (Å²) in [6.07, 6.45) is 0. The summed E-state index contributed by atoms with van der Waals surface area (Å²) in [5.41, 5.74) is 0.665. The van der Waals surface area contributed by atoms with E-state index in [-0.39, 0.29) is 12.3 Å². The van der Waals surface area contributed by atoms with Gasteiger partial charge in [0, 0.05) is 7.05 Å². The minimum absolute atomic E-state index is 0.173. The number of rotatable bonds is 2. The molecule has 0 saturated carbocycles. The standard InChI is InChI=1S/C12H12N2O3/c1-3-17-12(16)10-11(15)14(2)9-7-5-4-6-8(9)13-10/h4-7H,3H2,1-2H3. The molecule has 0 aliphatic rings. The van der Waals surface area contributed by atoms with Crippen molar-refractivity contribution in [2.45, 2.75) is 6.92 Å². The van der Waals surface area contributed by atoms with Crippen LogP contribution in [0.3, 0.4) is 0 Å². The second-order valence-electron chi connectivity index (χ2n) is 3.53. The van der Waals surface area contributed by atoms with E-state index >= 15 is 0 Å². The smallest absolute Gasteiger partial charge is 0.362 e. The number of ether oxygens (including phenoxy) is 1. The van der Waals surface area contributed by atoms with E-state index in [1.165, 1.54) is 4.57 Å². The molecule has 0 atom stereocenters. The van der Waals surface area contributed by atoms with Crippen LogP contribution in [0.1, 0.15) is 17.4 Å². The summed E-state index contributed by atoms with van der Waals surface area (Å²) in [5.74, 6) is -0.682. The van der Waals surface area contributed by atoms with Crippen molar-refractivity contribution in [2.75, 3.05) is 6.61 Å². The van der Waals surface area contributed by atoms with E-state index in [0.717, 1.165) is 0 Å². The molecule has 0 unspecified atom stereocenters. The minimum Gasteiger partial charge on any atom is -0.461 e. The van der Waals surface area contributed by atoms with Crippen molar-refractivity contribution < 1.29 is 9.53 Å². The van der Waals surface area contributed by atoms with Gasteiger partial charge in [0.2, 0.25) is 5.69 Å². The Hall–Kier alpha value is -2.17. The number of nitrogens with zero attached hydrogens (tertiary/aromatic N) is 2. The number of hydrogen-bond acceptors (Lipinski definition) is 4. The third-order valence-electron chi connectivity index (χ3n) is 2.45. The summed E-state index contributed by atoms with van der Waals surface area (Å²) in [4.78, 5) is 27.5. The maximum absolute atomic E-state index is 11.9. The minimum atomic E-state index is -0.682. The highest BCUT2D eigenvalue weighted by Crippen LogP contribution is 2.08. The molecule has 2 rings (SSSR count). The normalized spacial score (nSPS) is 10.5. The van der Waals surface area contributed by atoms with Crippen molar-refractivity contribution >= 4 is 17.0 Å². The van der Waals surface area contributed by atoms with Crippen LogP contribution in [0.25, 0.3) is 11.0 Å². The summed E-state index contributed by atoms with van der Waals surface area (Å²) in [7, 11) is 1.61. The molecule has 0 aliphatic heterocycles. The molecule has 0 spiro atoms. The lowest BCUT2D eigenvalue weighted by atomic mass is 10.3. The Morgan fingerprint density at radius 1 is 1.41 bits per heavy atom. The second-order valence-corrected chi connectivity index (χ2v) is 3.53. The number of aryl methyl sites for hydroxylation is 1. The summed E-state index contributed by atoms with van der Waals surface area (Å²) in [5, 5.41) is 0. The van der Waals surface area contributed by atoms with Gasteiger partial charge in [-0.15, -0.1) is 0 Å². The van der Waals surface area contributed by atoms with Crippen molar-refractivity contribution in [3.63, 3.8) is 0 Å². The van der Waals surface area contributed by atoms with Crippen LogP contribution in [0.4, 0.5) is 0 Å². The Labute approximate surface area is 97.7 Å². The lowest BCUT2D eigenvalue weighted by Gasteiger charge is -2.06. The van der Waals surface area contributed by atoms with Gasteiger partial charge < -0.3 is 9.30 Å². The highest BCUT2D eigenvalue weighted by Gasteiger charge is 2.16. The van der Waals surface area contributed by atoms with Crippen LogP contribution >= 0.6 is 0 Å². The van der Waals surface area contributed by atoms with Gasteiger partial charge in [-0.05, 0) is 19.1 Å². The molecule has 5 nitrogen and oxygen atoms in total. The van der Waals surface area contributed by atoms with Crippen molar-refractivity contribution in [3.05, 3.63) is 40.3 Å². The van der Waals surface area contributed by atoms with Crippen LogP contribution in [0.2, 0.25) is 0 Å². The topological polar surface area (TPSA) is 61.2 Å². The van der Waals surface area contributed by atoms with Crippen molar-refractivity contribution in [1.82, 2.24) is 9.55 Å². The van der Waals surface area contributed by atoms with E-state index in [9.17, 15) is 9.59 Å². The number of aromatic nitrogens is 2. The van der Waals surface area contributed by atoms with Gasteiger partial charge in [0.25, 0.3) is 5.56 Å². The Morgan fingerprint density at radius 2 is 2.12 bits per heavy atom. The van der Waals surface area contributed by atoms with Gasteiger partial charge in [0.05, 0.1) is 17.6 Å². The molecule has 2 aromatic rings. The highest BCUT2D eigenvalue weighted by molar-refractivity contribution is 5.89. The zero-order valence-electron chi connectivity index (χ0n) is 9.64. The lowest BCUT2D eigenvalue weighted by Crippen LogP contribution is -2.27. The third kappa shape index (κ3) is 1.91. The molecule has 0 saturated heterocycles. The van der Waals surface area contributed by atoms with Gasteiger partial charge in [0.15, 0.2) is 0 Å². The van der Waals surface area contributed by atoms with Crippen LogP contribution in [-0.4, -0.2) is 22.1 Å². The van der Waals surface area contributed by atoms with Gasteiger partial charge in [0.1, 0.15) is 0 Å². The maximum atomic E-state index is 11.9. The number of hydrogen-bond donors (Lipinski definition) is 0. The van der Waals surface area contributed by atoms with Gasteiger partial charge in [-0.1, -0.05) is 12.1 Å². The van der Waals surface area contributed by atoms with E-state index in [1.807, 2.05) is 6.07 Å². The van der Waals surface area contributed by atoms with Crippen LogP contribution in [0, 0.1) is 0 Å². The predicted octanol–water partition coefficient (Wildman–Crippen LogP) is 1.11. The van der Waals surface area contributed by atoms with Crippen molar-refractivity contribution in [1.29, 1.82) is 0 Å². The molecular weight excluding hydrogens is 220 g/mol. The second kappa shape index (κ2) is 4.37. The molecule has 1 heterocycles. The average Bonchev–Trinajstić information content (AvgIpc) is 2.34. The molecule has 0 amide bonds. The first-order valence-corrected chi connectivity index (χ1v) is 5.28. The fourth-order valence-corrected chi connectivity index (χ4v) is 1.61. The van der Waals surface area contributed by atoms with Gasteiger partial charge >= 0.3 is 5.97 Å². The predicted molar refractivity (Wildman–Crippen MR) is 62.9 cm³/mol. The maximum Gasteiger partial charge on any atom is 0.362 e. The largest absolute Gasteiger partial charge is 0.461 e. The highest BCUT2D eigenvalue weighted by atomic mass is 16.5. The first-order chi connectivity index (χ1) is 8.15. The van der Waals surface area contributed by atoms with E-state index in [1.54, 1.807) is 32.2 Å². The molecular formula is C12H12N2O3. The number of para-hydroxylation sites is 2. The summed E-state index contributed by atoms with van der Waals surface area (Å²) in [6.45, 7) is 1.90. The van der Waals surface area contributed by atoms with E-state index < -0.39 is 11.5 Å². The van der Waals surface area contributed by atoms with Crippen molar-refractivity contribution in [3.8, 4) is 0 Å². The number of carbonyl (C=O) groups excluding carboxylic acids is 1. The molecule has 88 valence electrons. The Kier molecular flexibility index (Phi) is 2.91. The lowest BCUT2D eigenvalue weighted by molar-refractivity contribution is 0.0517. The summed E-state index contributed by atoms with van der Waals surface area (Å²) >= 11 is 0. The van der Waals surface area contributed by atoms with Gasteiger partial charge in [-0.25, -0.2) is 9.78 Å². The summed E-state index contributed by atoms with van der Waals surface area (Å²) < 4.78 is 6.20. The number of benzene rings is 1. The zero-order valence-corrected chi connectivity index (χ0v) is 9.64.